The third kappa shape index (κ3) is 4.84. The Bertz CT molecular complexity index is 450. The van der Waals surface area contributed by atoms with Gasteiger partial charge in [0.15, 0.2) is 0 Å². The molecule has 0 saturated heterocycles. The van der Waals surface area contributed by atoms with Gasteiger partial charge < -0.3 is 5.32 Å². The van der Waals surface area contributed by atoms with Gasteiger partial charge in [0.1, 0.15) is 0 Å². The van der Waals surface area contributed by atoms with Crippen molar-refractivity contribution in [3.05, 3.63) is 41.6 Å². The van der Waals surface area contributed by atoms with Crippen molar-refractivity contribution in [3.63, 3.8) is 0 Å². The summed E-state index contributed by atoms with van der Waals surface area (Å²) in [6.07, 6.45) is 1.07. The molecule has 1 aromatic heterocycles. The molecule has 1 aromatic carbocycles. The van der Waals surface area contributed by atoms with Gasteiger partial charge in [0.05, 0.1) is 5.52 Å². The molecule has 0 spiro atoms. The first-order chi connectivity index (χ1) is 8.72. The van der Waals surface area contributed by atoms with Gasteiger partial charge in [-0.15, -0.1) is 0 Å². The number of benzene rings is 1. The third-order valence-corrected chi connectivity index (χ3v) is 2.31. The largest absolute Gasteiger partial charge is 0.323 e. The van der Waals surface area contributed by atoms with Crippen LogP contribution >= 0.6 is 0 Å². The molecule has 0 aliphatic carbocycles. The molecule has 2 aromatic rings. The Kier molecular flexibility index (Phi) is 8.85. The Morgan fingerprint density at radius 2 is 1.67 bits per heavy atom. The maximum absolute atomic E-state index is 4.48. The fourth-order valence-electron chi connectivity index (χ4n) is 1.69. The molecule has 0 radical (unpaired) electrons. The van der Waals surface area contributed by atoms with Gasteiger partial charge in [0.2, 0.25) is 0 Å². The van der Waals surface area contributed by atoms with Crippen LogP contribution in [0.15, 0.2) is 30.3 Å². The highest BCUT2D eigenvalue weighted by Gasteiger charge is 2.00. The quantitative estimate of drug-likeness (QED) is 0.823. The monoisotopic (exact) mass is 246 g/mol. The lowest BCUT2D eigenvalue weighted by atomic mass is 10.1. The molecule has 100 valence electrons. The summed E-state index contributed by atoms with van der Waals surface area (Å²) in [6.45, 7) is 8.23. The second-order valence-electron chi connectivity index (χ2n) is 3.79. The van der Waals surface area contributed by atoms with Crippen molar-refractivity contribution in [3.8, 4) is 0 Å². The number of hydrogen-bond donors (Lipinski definition) is 1. The number of para-hydroxylation sites is 1. The van der Waals surface area contributed by atoms with Crippen LogP contribution in [0.2, 0.25) is 0 Å². The third-order valence-electron chi connectivity index (χ3n) is 2.31. The van der Waals surface area contributed by atoms with Crippen molar-refractivity contribution in [2.75, 3.05) is 14.1 Å². The van der Waals surface area contributed by atoms with Gasteiger partial charge in [-0.2, -0.15) is 0 Å². The Morgan fingerprint density at radius 1 is 1.11 bits per heavy atom. The molecule has 0 unspecified atom stereocenters. The molecule has 0 saturated carbocycles. The molecule has 18 heavy (non-hydrogen) atoms. The zero-order valence-corrected chi connectivity index (χ0v) is 12.5. The number of nitrogens with zero attached hydrogens (tertiary/aromatic N) is 1. The summed E-state index contributed by atoms with van der Waals surface area (Å²) in [5.41, 5.74) is 3.61. The summed E-state index contributed by atoms with van der Waals surface area (Å²) >= 11 is 0. The molecular formula is C16H26N2. The Balaban J connectivity index is 0.000000509. The fourth-order valence-corrected chi connectivity index (χ4v) is 1.69. The van der Waals surface area contributed by atoms with Crippen molar-refractivity contribution in [1.29, 1.82) is 0 Å². The van der Waals surface area contributed by atoms with Crippen molar-refractivity contribution < 1.29 is 0 Å². The summed E-state index contributed by atoms with van der Waals surface area (Å²) in [5, 5.41) is 4.04. The summed E-state index contributed by atoms with van der Waals surface area (Å²) < 4.78 is 0. The fraction of sp³-hybridized carbons (Fsp3) is 0.438. The second kappa shape index (κ2) is 9.60. The van der Waals surface area contributed by atoms with Gasteiger partial charge in [-0.3, -0.25) is 4.98 Å². The number of aryl methyl sites for hydroxylation is 2. The molecule has 0 aliphatic rings. The predicted molar refractivity (Wildman–Crippen MR) is 82.2 cm³/mol. The minimum Gasteiger partial charge on any atom is -0.323 e. The molecule has 1 N–H and O–H groups in total. The highest BCUT2D eigenvalue weighted by Crippen LogP contribution is 2.18. The number of nitrogens with one attached hydrogen (secondary N) is 1. The molecule has 2 nitrogen and oxygen atoms in total. The van der Waals surface area contributed by atoms with E-state index < -0.39 is 0 Å². The van der Waals surface area contributed by atoms with E-state index in [2.05, 4.69) is 41.5 Å². The Labute approximate surface area is 111 Å². The average molecular weight is 246 g/mol. The number of aromatic nitrogens is 1. The first-order valence-corrected chi connectivity index (χ1v) is 6.66. The highest BCUT2D eigenvalue weighted by atomic mass is 14.7. The smallest absolute Gasteiger partial charge is 0.0707 e. The van der Waals surface area contributed by atoms with Gasteiger partial charge in [-0.05, 0) is 45.1 Å². The van der Waals surface area contributed by atoms with E-state index in [0.29, 0.717) is 0 Å². The van der Waals surface area contributed by atoms with E-state index in [0.717, 1.165) is 17.6 Å². The first-order valence-electron chi connectivity index (χ1n) is 6.66. The number of fused-ring (bicyclic) bond motifs is 1. The molecule has 0 bridgehead atoms. The van der Waals surface area contributed by atoms with E-state index >= 15 is 0 Å². The SMILES string of the molecule is CC.CCc1cc(C)nc2ccccc12.CNC. The topological polar surface area (TPSA) is 24.9 Å². The maximum atomic E-state index is 4.48. The number of pyridine rings is 1. The molecule has 1 heterocycles. The molecule has 0 atom stereocenters. The summed E-state index contributed by atoms with van der Waals surface area (Å²) in [6, 6.07) is 10.5. The van der Waals surface area contributed by atoms with Crippen LogP contribution in [0.1, 0.15) is 32.0 Å². The zero-order valence-electron chi connectivity index (χ0n) is 12.5. The van der Waals surface area contributed by atoms with E-state index in [1.807, 2.05) is 40.9 Å². The zero-order chi connectivity index (χ0) is 14.0. The lowest BCUT2D eigenvalue weighted by Gasteiger charge is -2.04. The van der Waals surface area contributed by atoms with Gasteiger partial charge >= 0.3 is 0 Å². The van der Waals surface area contributed by atoms with Crippen molar-refractivity contribution in [2.24, 2.45) is 0 Å². The summed E-state index contributed by atoms with van der Waals surface area (Å²) in [5.74, 6) is 0. The van der Waals surface area contributed by atoms with Crippen LogP contribution in [-0.2, 0) is 6.42 Å². The van der Waals surface area contributed by atoms with Gasteiger partial charge in [0, 0.05) is 11.1 Å². The molecule has 0 fully saturated rings. The van der Waals surface area contributed by atoms with E-state index in [1.54, 1.807) is 0 Å². The summed E-state index contributed by atoms with van der Waals surface area (Å²) in [7, 11) is 3.75. The molecule has 2 heteroatoms. The maximum Gasteiger partial charge on any atom is 0.0707 e. The van der Waals surface area contributed by atoms with Crippen LogP contribution in [0.3, 0.4) is 0 Å². The summed E-state index contributed by atoms with van der Waals surface area (Å²) in [4.78, 5) is 4.48. The van der Waals surface area contributed by atoms with Crippen LogP contribution in [0.5, 0.6) is 0 Å². The van der Waals surface area contributed by atoms with E-state index in [-0.39, 0.29) is 0 Å². The van der Waals surface area contributed by atoms with Crippen LogP contribution in [0.25, 0.3) is 10.9 Å². The lowest BCUT2D eigenvalue weighted by molar-refractivity contribution is 1.02. The standard InChI is InChI=1S/C12H13N.C2H7N.C2H6/c1-3-10-8-9(2)13-12-7-5-4-6-11(10)12;1-3-2;1-2/h4-8H,3H2,1-2H3;3H,1-2H3;1-2H3. The predicted octanol–water partition coefficient (Wildman–Crippen LogP) is 3.97. The van der Waals surface area contributed by atoms with Crippen LogP contribution in [0.4, 0.5) is 0 Å². The Morgan fingerprint density at radius 3 is 2.22 bits per heavy atom. The molecule has 0 amide bonds. The minimum atomic E-state index is 1.07. The Hall–Kier alpha value is -1.41. The minimum absolute atomic E-state index is 1.07. The van der Waals surface area contributed by atoms with Crippen molar-refractivity contribution in [2.45, 2.75) is 34.1 Å². The lowest BCUT2D eigenvalue weighted by Crippen LogP contribution is -1.89. The molecule has 2 rings (SSSR count). The first kappa shape index (κ1) is 16.6. The van der Waals surface area contributed by atoms with E-state index in [4.69, 9.17) is 0 Å². The highest BCUT2D eigenvalue weighted by molar-refractivity contribution is 5.82. The van der Waals surface area contributed by atoms with Crippen molar-refractivity contribution in [1.82, 2.24) is 10.3 Å². The van der Waals surface area contributed by atoms with E-state index in [9.17, 15) is 0 Å². The normalized spacial score (nSPS) is 9.00. The molecular weight excluding hydrogens is 220 g/mol. The van der Waals surface area contributed by atoms with Crippen LogP contribution < -0.4 is 5.32 Å². The van der Waals surface area contributed by atoms with E-state index in [1.165, 1.54) is 10.9 Å². The van der Waals surface area contributed by atoms with Gasteiger partial charge in [-0.25, -0.2) is 0 Å². The van der Waals surface area contributed by atoms with Gasteiger partial charge in [-0.1, -0.05) is 39.0 Å². The number of hydrogen-bond acceptors (Lipinski definition) is 2. The van der Waals surface area contributed by atoms with Gasteiger partial charge in [0.25, 0.3) is 0 Å². The number of rotatable bonds is 1. The van der Waals surface area contributed by atoms with Crippen molar-refractivity contribution >= 4 is 10.9 Å². The molecule has 0 aliphatic heterocycles. The van der Waals surface area contributed by atoms with Crippen LogP contribution in [0, 0.1) is 6.92 Å². The van der Waals surface area contributed by atoms with Crippen LogP contribution in [-0.4, -0.2) is 19.1 Å². The average Bonchev–Trinajstić information content (AvgIpc) is 2.41. The second-order valence-corrected chi connectivity index (χ2v) is 3.79.